The van der Waals surface area contributed by atoms with E-state index in [0.717, 1.165) is 18.0 Å². The Bertz CT molecular complexity index is 213. The highest BCUT2D eigenvalue weighted by molar-refractivity contribution is 4.74. The van der Waals surface area contributed by atoms with Crippen molar-refractivity contribution in [2.24, 2.45) is 5.92 Å². The maximum Gasteiger partial charge on any atom is 0.00890 e. The second-order valence-electron chi connectivity index (χ2n) is 7.03. The molecule has 2 atom stereocenters. The SMILES string of the molecule is CC1CCN(C(C)C)C1.CCCCC(CCC)N(C)C. The fraction of sp³-hybridized carbons (Fsp3) is 1.00. The van der Waals surface area contributed by atoms with E-state index in [9.17, 15) is 0 Å². The van der Waals surface area contributed by atoms with E-state index in [1.165, 1.54) is 51.6 Å². The molecule has 1 aliphatic heterocycles. The van der Waals surface area contributed by atoms with Crippen molar-refractivity contribution in [2.75, 3.05) is 27.2 Å². The van der Waals surface area contributed by atoms with Crippen LogP contribution in [0.5, 0.6) is 0 Å². The number of hydrogen-bond donors (Lipinski definition) is 0. The molecular formula is C18H40N2. The quantitative estimate of drug-likeness (QED) is 0.672. The molecule has 0 saturated carbocycles. The van der Waals surface area contributed by atoms with Crippen LogP contribution in [0.15, 0.2) is 0 Å². The lowest BCUT2D eigenvalue weighted by molar-refractivity contribution is 0.257. The van der Waals surface area contributed by atoms with E-state index in [-0.39, 0.29) is 0 Å². The minimum Gasteiger partial charge on any atom is -0.306 e. The molecule has 0 radical (unpaired) electrons. The molecular weight excluding hydrogens is 244 g/mol. The van der Waals surface area contributed by atoms with Crippen molar-refractivity contribution in [2.45, 2.75) is 85.2 Å². The standard InChI is InChI=1S/C10H23N.C8H17N/c1-5-7-9-10(8-6-2)11(3)4;1-7(2)9-5-4-8(3)6-9/h10H,5-9H2,1-4H3;7-8H,4-6H2,1-3H3. The van der Waals surface area contributed by atoms with Crippen LogP contribution in [0.3, 0.4) is 0 Å². The normalized spacial score (nSPS) is 21.1. The summed E-state index contributed by atoms with van der Waals surface area (Å²) in [5.74, 6) is 0.937. The Morgan fingerprint density at radius 2 is 1.75 bits per heavy atom. The molecule has 0 bridgehead atoms. The van der Waals surface area contributed by atoms with Gasteiger partial charge in [-0.05, 0) is 59.7 Å². The lowest BCUT2D eigenvalue weighted by Gasteiger charge is -2.23. The first kappa shape index (κ1) is 19.9. The molecule has 1 rings (SSSR count). The third kappa shape index (κ3) is 8.97. The number of likely N-dealkylation sites (tertiary alicyclic amines) is 1. The van der Waals surface area contributed by atoms with Crippen LogP contribution in [0.1, 0.15) is 73.1 Å². The smallest absolute Gasteiger partial charge is 0.00890 e. The van der Waals surface area contributed by atoms with Crippen LogP contribution in [0.4, 0.5) is 0 Å². The van der Waals surface area contributed by atoms with Gasteiger partial charge in [0.05, 0.1) is 0 Å². The summed E-state index contributed by atoms with van der Waals surface area (Å²) in [6.07, 6.45) is 8.14. The molecule has 122 valence electrons. The van der Waals surface area contributed by atoms with Gasteiger partial charge < -0.3 is 9.80 Å². The van der Waals surface area contributed by atoms with E-state index >= 15 is 0 Å². The Labute approximate surface area is 128 Å². The first-order chi connectivity index (χ1) is 9.42. The molecule has 1 saturated heterocycles. The first-order valence-corrected chi connectivity index (χ1v) is 8.82. The Balaban J connectivity index is 0.000000367. The molecule has 0 aromatic rings. The summed E-state index contributed by atoms with van der Waals surface area (Å²) in [6, 6.07) is 1.58. The van der Waals surface area contributed by atoms with Gasteiger partial charge in [0, 0.05) is 18.6 Å². The van der Waals surface area contributed by atoms with Gasteiger partial charge in [-0.3, -0.25) is 0 Å². The van der Waals surface area contributed by atoms with E-state index in [0.29, 0.717) is 0 Å². The van der Waals surface area contributed by atoms with Crippen LogP contribution >= 0.6 is 0 Å². The lowest BCUT2D eigenvalue weighted by atomic mass is 10.0. The average Bonchev–Trinajstić information content (AvgIpc) is 2.82. The second kappa shape index (κ2) is 11.6. The fourth-order valence-electron chi connectivity index (χ4n) is 2.87. The highest BCUT2D eigenvalue weighted by Gasteiger charge is 2.19. The van der Waals surface area contributed by atoms with Crippen molar-refractivity contribution in [1.29, 1.82) is 0 Å². The molecule has 0 amide bonds. The fourth-order valence-corrected chi connectivity index (χ4v) is 2.87. The molecule has 0 aliphatic carbocycles. The van der Waals surface area contributed by atoms with Gasteiger partial charge >= 0.3 is 0 Å². The van der Waals surface area contributed by atoms with Gasteiger partial charge in [-0.15, -0.1) is 0 Å². The zero-order chi connectivity index (χ0) is 15.5. The zero-order valence-corrected chi connectivity index (χ0v) is 15.3. The predicted molar refractivity (Wildman–Crippen MR) is 92.4 cm³/mol. The lowest BCUT2D eigenvalue weighted by Crippen LogP contribution is -2.27. The highest BCUT2D eigenvalue weighted by Crippen LogP contribution is 2.16. The zero-order valence-electron chi connectivity index (χ0n) is 15.3. The van der Waals surface area contributed by atoms with Gasteiger partial charge in [-0.2, -0.15) is 0 Å². The number of unbranched alkanes of at least 4 members (excludes halogenated alkanes) is 1. The van der Waals surface area contributed by atoms with Crippen LogP contribution in [-0.2, 0) is 0 Å². The Hall–Kier alpha value is -0.0800. The largest absolute Gasteiger partial charge is 0.306 e. The van der Waals surface area contributed by atoms with E-state index < -0.39 is 0 Å². The van der Waals surface area contributed by atoms with Gasteiger partial charge in [-0.1, -0.05) is 40.0 Å². The van der Waals surface area contributed by atoms with Gasteiger partial charge in [0.25, 0.3) is 0 Å². The van der Waals surface area contributed by atoms with Crippen molar-refractivity contribution < 1.29 is 0 Å². The van der Waals surface area contributed by atoms with E-state index in [1.807, 2.05) is 0 Å². The topological polar surface area (TPSA) is 6.48 Å². The summed E-state index contributed by atoms with van der Waals surface area (Å²) in [7, 11) is 4.38. The van der Waals surface area contributed by atoms with Crippen molar-refractivity contribution in [3.8, 4) is 0 Å². The van der Waals surface area contributed by atoms with Crippen molar-refractivity contribution in [1.82, 2.24) is 9.80 Å². The summed E-state index contributed by atoms with van der Waals surface area (Å²) in [4.78, 5) is 4.91. The summed E-state index contributed by atoms with van der Waals surface area (Å²) >= 11 is 0. The third-order valence-corrected chi connectivity index (χ3v) is 4.43. The maximum absolute atomic E-state index is 2.55. The molecule has 0 aromatic heterocycles. The monoisotopic (exact) mass is 284 g/mol. The van der Waals surface area contributed by atoms with Crippen LogP contribution in [-0.4, -0.2) is 49.1 Å². The van der Waals surface area contributed by atoms with Gasteiger partial charge in [0.15, 0.2) is 0 Å². The highest BCUT2D eigenvalue weighted by atomic mass is 15.2. The molecule has 2 heteroatoms. The molecule has 2 unspecified atom stereocenters. The average molecular weight is 285 g/mol. The van der Waals surface area contributed by atoms with E-state index in [2.05, 4.69) is 58.5 Å². The Morgan fingerprint density at radius 3 is 2.05 bits per heavy atom. The van der Waals surface area contributed by atoms with Crippen molar-refractivity contribution in [3.05, 3.63) is 0 Å². The Kier molecular flexibility index (Phi) is 11.5. The van der Waals surface area contributed by atoms with Gasteiger partial charge in [0.1, 0.15) is 0 Å². The number of rotatable bonds is 7. The predicted octanol–water partition coefficient (Wildman–Crippen LogP) is 4.64. The summed E-state index contributed by atoms with van der Waals surface area (Å²) < 4.78 is 0. The first-order valence-electron chi connectivity index (χ1n) is 8.82. The molecule has 2 nitrogen and oxygen atoms in total. The maximum atomic E-state index is 2.55. The minimum absolute atomic E-state index is 0.759. The summed E-state index contributed by atoms with van der Waals surface area (Å²) in [6.45, 7) is 14.1. The van der Waals surface area contributed by atoms with Crippen LogP contribution in [0.25, 0.3) is 0 Å². The summed E-state index contributed by atoms with van der Waals surface area (Å²) in [5, 5.41) is 0. The number of hydrogen-bond acceptors (Lipinski definition) is 2. The van der Waals surface area contributed by atoms with Crippen LogP contribution in [0, 0.1) is 5.92 Å². The van der Waals surface area contributed by atoms with Gasteiger partial charge in [-0.25, -0.2) is 0 Å². The third-order valence-electron chi connectivity index (χ3n) is 4.43. The molecule has 1 aliphatic rings. The Morgan fingerprint density at radius 1 is 1.10 bits per heavy atom. The number of nitrogens with zero attached hydrogens (tertiary/aromatic N) is 2. The molecule has 1 fully saturated rings. The van der Waals surface area contributed by atoms with Gasteiger partial charge in [0.2, 0.25) is 0 Å². The molecule has 0 N–H and O–H groups in total. The van der Waals surface area contributed by atoms with Crippen LogP contribution in [0.2, 0.25) is 0 Å². The minimum atomic E-state index is 0.759. The van der Waals surface area contributed by atoms with Crippen LogP contribution < -0.4 is 0 Å². The molecule has 1 heterocycles. The molecule has 0 aromatic carbocycles. The molecule has 20 heavy (non-hydrogen) atoms. The van der Waals surface area contributed by atoms with E-state index in [1.54, 1.807) is 0 Å². The van der Waals surface area contributed by atoms with Crippen molar-refractivity contribution >= 4 is 0 Å². The summed E-state index contributed by atoms with van der Waals surface area (Å²) in [5.41, 5.74) is 0. The molecule has 0 spiro atoms. The van der Waals surface area contributed by atoms with Crippen molar-refractivity contribution in [3.63, 3.8) is 0 Å². The van der Waals surface area contributed by atoms with E-state index in [4.69, 9.17) is 0 Å². The second-order valence-corrected chi connectivity index (χ2v) is 7.03.